The molecule has 0 bridgehead atoms. The molecule has 4 heteroatoms. The van der Waals surface area contributed by atoms with Gasteiger partial charge in [-0.3, -0.25) is 0 Å². The first kappa shape index (κ1) is 34.6. The Kier molecular flexibility index (Phi) is 164. The second-order valence-electron chi connectivity index (χ2n) is 0. The second-order valence-corrected chi connectivity index (χ2v) is 0. The molecule has 0 N–H and O–H groups in total. The molecule has 0 aliphatic rings. The third kappa shape index (κ3) is 8.88. The average Bonchev–Trinajstić information content (AvgIpc) is 0. The molecule has 0 amide bonds. The summed E-state index contributed by atoms with van der Waals surface area (Å²) in [5.74, 6) is 0. The van der Waals surface area contributed by atoms with E-state index in [9.17, 15) is 0 Å². The molecule has 23 valence electrons. The van der Waals surface area contributed by atoms with E-state index in [-0.39, 0.29) is 71.2 Å². The zero-order chi connectivity index (χ0) is 0. The molecule has 0 unspecified atom stereocenters. The van der Waals surface area contributed by atoms with Crippen molar-refractivity contribution in [2.24, 2.45) is 0 Å². The van der Waals surface area contributed by atoms with Gasteiger partial charge in [0.05, 0.1) is 0 Å². The van der Waals surface area contributed by atoms with Crippen LogP contribution in [0.15, 0.2) is 0 Å². The molecule has 0 spiro atoms. The van der Waals surface area contributed by atoms with Gasteiger partial charge >= 0.3 is 0 Å². The zero-order valence-electron chi connectivity index (χ0n) is 1.92. The van der Waals surface area contributed by atoms with Gasteiger partial charge < -0.3 is 0 Å². The molecule has 7 radical (unpaired) electrons. The van der Waals surface area contributed by atoms with E-state index < -0.39 is 0 Å². The Morgan fingerprint density at radius 2 is 1.00 bits per heavy atom. The van der Waals surface area contributed by atoms with Crippen LogP contribution in [0.3, 0.4) is 0 Å². The SMILES string of the molecule is [Cu].[Ge].[Se].[Zn]. The van der Waals surface area contributed by atoms with Crippen molar-refractivity contribution in [2.45, 2.75) is 0 Å². The summed E-state index contributed by atoms with van der Waals surface area (Å²) in [6.45, 7) is 0. The third-order valence-corrected chi connectivity index (χ3v) is 0. The zero-order valence-corrected chi connectivity index (χ0v) is 9.64. The Balaban J connectivity index is 0. The standard InChI is InChI=1S/Cu.Ge.Se.Zn. The van der Waals surface area contributed by atoms with Crippen LogP contribution in [-0.4, -0.2) is 34.7 Å². The van der Waals surface area contributed by atoms with E-state index in [1.165, 1.54) is 0 Å². The summed E-state index contributed by atoms with van der Waals surface area (Å²) in [5, 5.41) is 0. The average molecular weight is 281 g/mol. The van der Waals surface area contributed by atoms with E-state index in [1.54, 1.807) is 0 Å². The quantitative estimate of drug-likeness (QED) is 0.512. The summed E-state index contributed by atoms with van der Waals surface area (Å²) >= 11 is 0. The van der Waals surface area contributed by atoms with Crippen molar-refractivity contribution >= 4 is 34.7 Å². The van der Waals surface area contributed by atoms with Gasteiger partial charge in [-0.1, -0.05) is 0 Å². The van der Waals surface area contributed by atoms with Crippen LogP contribution in [0.2, 0.25) is 0 Å². The van der Waals surface area contributed by atoms with Crippen LogP contribution < -0.4 is 0 Å². The van der Waals surface area contributed by atoms with E-state index in [0.717, 1.165) is 0 Å². The molecular formula is CuGeSeZn. The van der Waals surface area contributed by atoms with Crippen molar-refractivity contribution in [3.05, 3.63) is 0 Å². The van der Waals surface area contributed by atoms with Crippen molar-refractivity contribution in [1.82, 2.24) is 0 Å². The third-order valence-electron chi connectivity index (χ3n) is 0. The maximum absolute atomic E-state index is 0. The van der Waals surface area contributed by atoms with Gasteiger partial charge in [-0.2, -0.15) is 0 Å². The van der Waals surface area contributed by atoms with Crippen molar-refractivity contribution in [3.8, 4) is 0 Å². The molecule has 0 nitrogen and oxygen atoms in total. The minimum atomic E-state index is 0. The fraction of sp³-hybridized carbons (Fsp3) is 0. The summed E-state index contributed by atoms with van der Waals surface area (Å²) in [7, 11) is 0. The summed E-state index contributed by atoms with van der Waals surface area (Å²) in [4.78, 5) is 0. The van der Waals surface area contributed by atoms with E-state index in [0.29, 0.717) is 0 Å². The Bertz CT molecular complexity index is 8.00. The van der Waals surface area contributed by atoms with Gasteiger partial charge in [0.1, 0.15) is 0 Å². The van der Waals surface area contributed by atoms with Crippen molar-refractivity contribution in [2.75, 3.05) is 0 Å². The molecule has 0 aromatic carbocycles. The fourth-order valence-electron chi connectivity index (χ4n) is 0. The Hall–Kier alpha value is 2.21. The first-order chi connectivity index (χ1) is 0. The first-order valence-electron chi connectivity index (χ1n) is 0. The van der Waals surface area contributed by atoms with Gasteiger partial charge in [-0.25, -0.2) is 0 Å². The molecule has 0 saturated carbocycles. The molecule has 0 aliphatic carbocycles. The Morgan fingerprint density at radius 3 is 1.00 bits per heavy atom. The van der Waals surface area contributed by atoms with Gasteiger partial charge in [-0.05, 0) is 0 Å². The molecular weight excluding hydrogens is 281 g/mol. The van der Waals surface area contributed by atoms with Gasteiger partial charge in [0.25, 0.3) is 0 Å². The number of rotatable bonds is 0. The maximum Gasteiger partial charge on any atom is 0 e. The molecule has 0 saturated heterocycles. The Labute approximate surface area is 70.5 Å². The number of hydrogen-bond donors (Lipinski definition) is 0. The molecule has 0 heterocycles. The van der Waals surface area contributed by atoms with Gasteiger partial charge in [0.2, 0.25) is 0 Å². The monoisotopic (exact) mass is 281 g/mol. The Morgan fingerprint density at radius 1 is 1.00 bits per heavy atom. The van der Waals surface area contributed by atoms with Crippen LogP contribution in [-0.2, 0) is 36.5 Å². The minimum Gasteiger partial charge on any atom is 0 e. The van der Waals surface area contributed by atoms with Crippen LogP contribution in [0.1, 0.15) is 0 Å². The van der Waals surface area contributed by atoms with Gasteiger partial charge in [0, 0.05) is 71.2 Å². The van der Waals surface area contributed by atoms with E-state index in [2.05, 4.69) is 0 Å². The van der Waals surface area contributed by atoms with Crippen LogP contribution in [0.5, 0.6) is 0 Å². The molecule has 0 rings (SSSR count). The van der Waals surface area contributed by atoms with Crippen LogP contribution in [0, 0.1) is 0 Å². The smallest absolute Gasteiger partial charge is 0 e. The van der Waals surface area contributed by atoms with Gasteiger partial charge in [0.15, 0.2) is 0 Å². The molecule has 0 aliphatic heterocycles. The number of hydrogen-bond acceptors (Lipinski definition) is 0. The first-order valence-corrected chi connectivity index (χ1v) is 0. The predicted octanol–water partition coefficient (Wildman–Crippen LogP) is -0.767. The van der Waals surface area contributed by atoms with Crippen molar-refractivity contribution < 1.29 is 36.5 Å². The molecule has 4 heavy (non-hydrogen) atoms. The maximum atomic E-state index is 0. The van der Waals surface area contributed by atoms with Crippen molar-refractivity contribution in [1.29, 1.82) is 0 Å². The van der Waals surface area contributed by atoms with E-state index in [4.69, 9.17) is 0 Å². The second kappa shape index (κ2) is 18.9. The summed E-state index contributed by atoms with van der Waals surface area (Å²) in [6.07, 6.45) is 0. The largest absolute Gasteiger partial charge is 0 e. The molecule has 0 fully saturated rings. The van der Waals surface area contributed by atoms with E-state index >= 15 is 0 Å². The minimum absolute atomic E-state index is 0. The van der Waals surface area contributed by atoms with Crippen LogP contribution in [0.4, 0.5) is 0 Å². The topological polar surface area (TPSA) is 0 Å². The van der Waals surface area contributed by atoms with E-state index in [1.807, 2.05) is 0 Å². The predicted molar refractivity (Wildman–Crippen MR) is 11.5 cm³/mol. The fourth-order valence-corrected chi connectivity index (χ4v) is 0. The molecule has 0 aromatic heterocycles. The molecule has 0 atom stereocenters. The van der Waals surface area contributed by atoms with Crippen LogP contribution >= 0.6 is 0 Å². The normalized spacial score (nSPS) is 0. The summed E-state index contributed by atoms with van der Waals surface area (Å²) < 4.78 is 0. The van der Waals surface area contributed by atoms with Gasteiger partial charge in [-0.15, -0.1) is 0 Å². The van der Waals surface area contributed by atoms with Crippen LogP contribution in [0.25, 0.3) is 0 Å². The molecule has 0 aromatic rings. The summed E-state index contributed by atoms with van der Waals surface area (Å²) in [5.41, 5.74) is 0. The van der Waals surface area contributed by atoms with Crippen molar-refractivity contribution in [3.63, 3.8) is 0 Å². The summed E-state index contributed by atoms with van der Waals surface area (Å²) in [6, 6.07) is 0.